The molecule has 0 aromatic heterocycles. The quantitative estimate of drug-likeness (QED) is 0.884. The highest BCUT2D eigenvalue weighted by molar-refractivity contribution is 9.10. The minimum absolute atomic E-state index is 0.129. The molecule has 0 radical (unpaired) electrons. The van der Waals surface area contributed by atoms with E-state index in [2.05, 4.69) is 28.2 Å². The van der Waals surface area contributed by atoms with Gasteiger partial charge < -0.3 is 5.32 Å². The van der Waals surface area contributed by atoms with Gasteiger partial charge in [0, 0.05) is 17.3 Å². The van der Waals surface area contributed by atoms with E-state index in [1.54, 1.807) is 12.1 Å². The molecule has 4 heteroatoms. The number of hydrogen-bond donors (Lipinski definition) is 1. The van der Waals surface area contributed by atoms with Crippen molar-refractivity contribution in [1.29, 1.82) is 0 Å². The number of benzene rings is 1. The Labute approximate surface area is 128 Å². The summed E-state index contributed by atoms with van der Waals surface area (Å²) in [5.74, 6) is 0.764. The molecule has 20 heavy (non-hydrogen) atoms. The summed E-state index contributed by atoms with van der Waals surface area (Å²) in [6.45, 7) is 4.22. The highest BCUT2D eigenvalue weighted by Gasteiger charge is 2.22. The number of halogens is 2. The van der Waals surface area contributed by atoms with E-state index in [0.29, 0.717) is 28.3 Å². The van der Waals surface area contributed by atoms with Crippen molar-refractivity contribution >= 4 is 21.7 Å². The van der Waals surface area contributed by atoms with Gasteiger partial charge in [-0.2, -0.15) is 0 Å². The van der Waals surface area contributed by atoms with Crippen LogP contribution in [0.5, 0.6) is 0 Å². The van der Waals surface area contributed by atoms with Gasteiger partial charge in [-0.1, -0.05) is 28.9 Å². The van der Waals surface area contributed by atoms with Crippen LogP contribution in [0.3, 0.4) is 0 Å². The molecule has 0 saturated carbocycles. The number of piperidine rings is 1. The highest BCUT2D eigenvalue weighted by atomic mass is 79.9. The lowest BCUT2D eigenvalue weighted by atomic mass is 9.83. The Hall–Kier alpha value is -0.740. The largest absolute Gasteiger partial charge is 0.316 e. The minimum atomic E-state index is -0.306. The zero-order chi connectivity index (χ0) is 14.5. The molecule has 110 valence electrons. The summed E-state index contributed by atoms with van der Waals surface area (Å²) < 4.78 is 14.4. The third-order valence-electron chi connectivity index (χ3n) is 4.09. The third-order valence-corrected chi connectivity index (χ3v) is 4.59. The van der Waals surface area contributed by atoms with Crippen LogP contribution < -0.4 is 5.32 Å². The molecule has 2 unspecified atom stereocenters. The fraction of sp³-hybridized carbons (Fsp3) is 0.562. The number of hydrogen-bond acceptors (Lipinski definition) is 2. The standard InChI is InChI=1S/C16H21BrFNO/c1-11(13-3-2-6-19-10-13)7-15(20)8-12-4-5-14(17)9-16(12)18/h4-5,9,11,13,19H,2-3,6-8,10H2,1H3. The molecule has 1 aliphatic rings. The van der Waals surface area contributed by atoms with E-state index in [1.807, 2.05) is 0 Å². The van der Waals surface area contributed by atoms with Gasteiger partial charge >= 0.3 is 0 Å². The molecule has 2 nitrogen and oxygen atoms in total. The number of nitrogens with one attached hydrogen (secondary N) is 1. The van der Waals surface area contributed by atoms with Crippen LogP contribution in [-0.4, -0.2) is 18.9 Å². The van der Waals surface area contributed by atoms with Crippen LogP contribution in [-0.2, 0) is 11.2 Å². The lowest BCUT2D eigenvalue weighted by molar-refractivity contribution is -0.119. The molecule has 0 aliphatic carbocycles. The lowest BCUT2D eigenvalue weighted by Gasteiger charge is -2.28. The van der Waals surface area contributed by atoms with E-state index in [-0.39, 0.29) is 18.0 Å². The molecule has 0 amide bonds. The number of rotatable bonds is 5. The Morgan fingerprint density at radius 3 is 3.00 bits per heavy atom. The van der Waals surface area contributed by atoms with Crippen LogP contribution in [0.25, 0.3) is 0 Å². The maximum absolute atomic E-state index is 13.7. The number of carbonyl (C=O) groups excluding carboxylic acids is 1. The van der Waals surface area contributed by atoms with Gasteiger partial charge in [0.2, 0.25) is 0 Å². The molecule has 1 aliphatic heterocycles. The smallest absolute Gasteiger partial charge is 0.137 e. The number of carbonyl (C=O) groups is 1. The second-order valence-corrected chi connectivity index (χ2v) is 6.65. The summed E-state index contributed by atoms with van der Waals surface area (Å²) in [7, 11) is 0. The highest BCUT2D eigenvalue weighted by Crippen LogP contribution is 2.24. The van der Waals surface area contributed by atoms with Crippen molar-refractivity contribution < 1.29 is 9.18 Å². The normalized spacial score (nSPS) is 20.6. The van der Waals surface area contributed by atoms with E-state index in [0.717, 1.165) is 13.1 Å². The molecule has 0 spiro atoms. The average molecular weight is 342 g/mol. The molecule has 1 aromatic carbocycles. The first-order valence-electron chi connectivity index (χ1n) is 7.22. The second-order valence-electron chi connectivity index (χ2n) is 5.74. The Morgan fingerprint density at radius 1 is 1.55 bits per heavy atom. The zero-order valence-electron chi connectivity index (χ0n) is 11.8. The topological polar surface area (TPSA) is 29.1 Å². The summed E-state index contributed by atoms with van der Waals surface area (Å²) >= 11 is 3.22. The van der Waals surface area contributed by atoms with E-state index in [4.69, 9.17) is 0 Å². The SMILES string of the molecule is CC(CC(=O)Cc1ccc(Br)cc1F)C1CCCNC1. The van der Waals surface area contributed by atoms with Gasteiger partial charge in [0.25, 0.3) is 0 Å². The van der Waals surface area contributed by atoms with Crippen molar-refractivity contribution in [2.24, 2.45) is 11.8 Å². The molecular formula is C16H21BrFNO. The van der Waals surface area contributed by atoms with Gasteiger partial charge in [0.05, 0.1) is 0 Å². The molecule has 1 aromatic rings. The van der Waals surface area contributed by atoms with Crippen molar-refractivity contribution in [3.8, 4) is 0 Å². The zero-order valence-corrected chi connectivity index (χ0v) is 13.4. The molecular weight excluding hydrogens is 321 g/mol. The van der Waals surface area contributed by atoms with Crippen LogP contribution >= 0.6 is 15.9 Å². The minimum Gasteiger partial charge on any atom is -0.316 e. The third kappa shape index (κ3) is 4.38. The van der Waals surface area contributed by atoms with Crippen LogP contribution in [0.2, 0.25) is 0 Å². The molecule has 1 fully saturated rings. The molecule has 0 bridgehead atoms. The Kier molecular flexibility index (Phi) is 5.73. The first-order chi connectivity index (χ1) is 9.56. The van der Waals surface area contributed by atoms with E-state index >= 15 is 0 Å². The van der Waals surface area contributed by atoms with Gasteiger partial charge in [-0.25, -0.2) is 4.39 Å². The van der Waals surface area contributed by atoms with Crippen LogP contribution in [0.4, 0.5) is 4.39 Å². The number of Topliss-reactive ketones (excluding diaryl/α,β-unsaturated/α-hetero) is 1. The summed E-state index contributed by atoms with van der Waals surface area (Å²) in [6, 6.07) is 4.88. The predicted octanol–water partition coefficient (Wildman–Crippen LogP) is 3.73. The molecule has 2 rings (SSSR count). The summed E-state index contributed by atoms with van der Waals surface area (Å²) in [4.78, 5) is 12.1. The van der Waals surface area contributed by atoms with Crippen molar-refractivity contribution in [2.45, 2.75) is 32.6 Å². The van der Waals surface area contributed by atoms with Crippen molar-refractivity contribution in [1.82, 2.24) is 5.32 Å². The summed E-state index contributed by atoms with van der Waals surface area (Å²) in [6.07, 6.45) is 3.12. The van der Waals surface area contributed by atoms with E-state index in [1.165, 1.54) is 18.9 Å². The van der Waals surface area contributed by atoms with E-state index < -0.39 is 0 Å². The van der Waals surface area contributed by atoms with Crippen molar-refractivity contribution in [2.75, 3.05) is 13.1 Å². The van der Waals surface area contributed by atoms with Gasteiger partial charge in [-0.15, -0.1) is 0 Å². The first-order valence-corrected chi connectivity index (χ1v) is 8.02. The average Bonchev–Trinajstić information content (AvgIpc) is 2.43. The van der Waals surface area contributed by atoms with Crippen LogP contribution in [0.1, 0.15) is 31.7 Å². The fourth-order valence-corrected chi connectivity index (χ4v) is 3.17. The summed E-state index contributed by atoms with van der Waals surface area (Å²) in [5.41, 5.74) is 0.493. The second kappa shape index (κ2) is 7.32. The Balaban J connectivity index is 1.88. The van der Waals surface area contributed by atoms with Gasteiger partial charge in [-0.3, -0.25) is 4.79 Å². The first kappa shape index (κ1) is 15.6. The van der Waals surface area contributed by atoms with E-state index in [9.17, 15) is 9.18 Å². The maximum Gasteiger partial charge on any atom is 0.137 e. The molecule has 1 N–H and O–H groups in total. The number of ketones is 1. The van der Waals surface area contributed by atoms with Crippen molar-refractivity contribution in [3.63, 3.8) is 0 Å². The molecule has 1 heterocycles. The van der Waals surface area contributed by atoms with Gasteiger partial charge in [0.1, 0.15) is 11.6 Å². The predicted molar refractivity (Wildman–Crippen MR) is 82.2 cm³/mol. The van der Waals surface area contributed by atoms with Gasteiger partial charge in [-0.05, 0) is 55.5 Å². The molecule has 2 atom stereocenters. The summed E-state index contributed by atoms with van der Waals surface area (Å²) in [5, 5.41) is 3.38. The Morgan fingerprint density at radius 2 is 2.35 bits per heavy atom. The van der Waals surface area contributed by atoms with Crippen molar-refractivity contribution in [3.05, 3.63) is 34.1 Å². The maximum atomic E-state index is 13.7. The van der Waals surface area contributed by atoms with Crippen LogP contribution in [0, 0.1) is 17.7 Å². The monoisotopic (exact) mass is 341 g/mol. The Bertz CT molecular complexity index is 472. The molecule has 1 saturated heterocycles. The lowest BCUT2D eigenvalue weighted by Crippen LogP contribution is -2.34. The van der Waals surface area contributed by atoms with Gasteiger partial charge in [0.15, 0.2) is 0 Å². The fourth-order valence-electron chi connectivity index (χ4n) is 2.84. The van der Waals surface area contributed by atoms with Crippen LogP contribution in [0.15, 0.2) is 22.7 Å².